The normalized spacial score (nSPS) is 41.7. The molecule has 0 spiro atoms. The number of hydrogen-bond acceptors (Lipinski definition) is 2. The SMILES string of the molecule is C1CCCC2NC3CCCCCCC3OC2CCC1. The lowest BCUT2D eigenvalue weighted by Crippen LogP contribution is -2.58. The van der Waals surface area contributed by atoms with Gasteiger partial charge in [0.1, 0.15) is 0 Å². The molecule has 0 amide bonds. The van der Waals surface area contributed by atoms with Crippen LogP contribution in [0.25, 0.3) is 0 Å². The van der Waals surface area contributed by atoms with Crippen molar-refractivity contribution in [2.24, 2.45) is 0 Å². The molecule has 0 aromatic rings. The molecule has 4 unspecified atom stereocenters. The lowest BCUT2D eigenvalue weighted by Gasteiger charge is -2.44. The van der Waals surface area contributed by atoms with Crippen LogP contribution in [0.2, 0.25) is 0 Å². The summed E-state index contributed by atoms with van der Waals surface area (Å²) in [6.07, 6.45) is 19.0. The zero-order valence-corrected chi connectivity index (χ0v) is 12.4. The van der Waals surface area contributed by atoms with Crippen LogP contribution in [0.1, 0.15) is 83.5 Å². The third-order valence-corrected chi connectivity index (χ3v) is 5.43. The average Bonchev–Trinajstić information content (AvgIpc) is 2.50. The maximum atomic E-state index is 6.56. The number of hydrogen-bond donors (Lipinski definition) is 1. The van der Waals surface area contributed by atoms with Crippen molar-refractivity contribution in [1.29, 1.82) is 0 Å². The maximum Gasteiger partial charge on any atom is 0.0732 e. The largest absolute Gasteiger partial charge is 0.372 e. The molecule has 0 bridgehead atoms. The standard InChI is InChI=1S/C17H31NO/c1-2-6-10-14-16(12-8-3-1)19-17-13-9-5-4-7-11-15(17)18-14/h14-18H,1-13H2. The number of nitrogens with one attached hydrogen (secondary N) is 1. The van der Waals surface area contributed by atoms with Gasteiger partial charge in [-0.1, -0.05) is 57.8 Å². The predicted molar refractivity (Wildman–Crippen MR) is 79.4 cm³/mol. The van der Waals surface area contributed by atoms with Gasteiger partial charge in [-0.15, -0.1) is 0 Å². The fraction of sp³-hybridized carbons (Fsp3) is 1.00. The third-order valence-electron chi connectivity index (χ3n) is 5.43. The minimum absolute atomic E-state index is 0.513. The Hall–Kier alpha value is -0.0800. The van der Waals surface area contributed by atoms with Crippen LogP contribution in [0.15, 0.2) is 0 Å². The molecule has 3 aliphatic rings. The quantitative estimate of drug-likeness (QED) is 0.709. The lowest BCUT2D eigenvalue weighted by molar-refractivity contribution is -0.0996. The summed E-state index contributed by atoms with van der Waals surface area (Å²) in [6, 6.07) is 1.31. The van der Waals surface area contributed by atoms with Crippen molar-refractivity contribution in [1.82, 2.24) is 5.32 Å². The molecule has 2 saturated carbocycles. The van der Waals surface area contributed by atoms with Crippen LogP contribution in [0.3, 0.4) is 0 Å². The summed E-state index contributed by atoms with van der Waals surface area (Å²) in [5.74, 6) is 0. The fourth-order valence-corrected chi connectivity index (χ4v) is 4.28. The second kappa shape index (κ2) is 7.08. The minimum atomic E-state index is 0.513. The molecule has 0 radical (unpaired) electrons. The molecule has 0 aromatic heterocycles. The molecule has 3 fully saturated rings. The van der Waals surface area contributed by atoms with Gasteiger partial charge in [-0.25, -0.2) is 0 Å². The van der Waals surface area contributed by atoms with Gasteiger partial charge in [0.25, 0.3) is 0 Å². The van der Waals surface area contributed by atoms with E-state index in [1.807, 2.05) is 0 Å². The van der Waals surface area contributed by atoms with Gasteiger partial charge in [0.2, 0.25) is 0 Å². The van der Waals surface area contributed by atoms with Gasteiger partial charge >= 0.3 is 0 Å². The second-order valence-corrected chi connectivity index (χ2v) is 6.93. The Bertz CT molecular complexity index is 242. The van der Waals surface area contributed by atoms with E-state index in [1.165, 1.54) is 83.5 Å². The van der Waals surface area contributed by atoms with E-state index in [9.17, 15) is 0 Å². The summed E-state index contributed by atoms with van der Waals surface area (Å²) in [5, 5.41) is 4.00. The first kappa shape index (κ1) is 13.9. The van der Waals surface area contributed by atoms with Gasteiger partial charge < -0.3 is 10.1 Å². The highest BCUT2D eigenvalue weighted by Crippen LogP contribution is 2.30. The molecule has 1 heterocycles. The van der Waals surface area contributed by atoms with Crippen LogP contribution in [0.4, 0.5) is 0 Å². The maximum absolute atomic E-state index is 6.56. The van der Waals surface area contributed by atoms with Gasteiger partial charge in [0, 0.05) is 12.1 Å². The van der Waals surface area contributed by atoms with Crippen molar-refractivity contribution in [3.8, 4) is 0 Å². The number of fused-ring (bicyclic) bond motifs is 2. The molecule has 2 nitrogen and oxygen atoms in total. The Balaban J connectivity index is 1.63. The van der Waals surface area contributed by atoms with Crippen molar-refractivity contribution in [2.45, 2.75) is 108 Å². The molecule has 3 rings (SSSR count). The van der Waals surface area contributed by atoms with Gasteiger partial charge in [-0.2, -0.15) is 0 Å². The first-order valence-electron chi connectivity index (χ1n) is 8.85. The van der Waals surface area contributed by atoms with Crippen LogP contribution in [0, 0.1) is 0 Å². The van der Waals surface area contributed by atoms with Gasteiger partial charge in [0.15, 0.2) is 0 Å². The molecule has 2 heteroatoms. The van der Waals surface area contributed by atoms with E-state index in [0.717, 1.165) is 0 Å². The van der Waals surface area contributed by atoms with Gasteiger partial charge in [0.05, 0.1) is 12.2 Å². The fourth-order valence-electron chi connectivity index (χ4n) is 4.28. The monoisotopic (exact) mass is 265 g/mol. The zero-order chi connectivity index (χ0) is 12.9. The van der Waals surface area contributed by atoms with Crippen LogP contribution in [0.5, 0.6) is 0 Å². The molecule has 2 aliphatic carbocycles. The molecule has 1 aliphatic heterocycles. The summed E-state index contributed by atoms with van der Waals surface area (Å²) >= 11 is 0. The highest BCUT2D eigenvalue weighted by molar-refractivity contribution is 4.92. The molecule has 1 N–H and O–H groups in total. The molecule has 19 heavy (non-hydrogen) atoms. The van der Waals surface area contributed by atoms with Gasteiger partial charge in [-0.05, 0) is 25.7 Å². The molecule has 0 aromatic carbocycles. The highest BCUT2D eigenvalue weighted by atomic mass is 16.5. The Morgan fingerprint density at radius 2 is 0.947 bits per heavy atom. The van der Waals surface area contributed by atoms with Crippen molar-refractivity contribution in [2.75, 3.05) is 0 Å². The average molecular weight is 265 g/mol. The number of morpholine rings is 1. The smallest absolute Gasteiger partial charge is 0.0732 e. The highest BCUT2D eigenvalue weighted by Gasteiger charge is 2.36. The van der Waals surface area contributed by atoms with Gasteiger partial charge in [-0.3, -0.25) is 0 Å². The minimum Gasteiger partial charge on any atom is -0.372 e. The topological polar surface area (TPSA) is 21.3 Å². The van der Waals surface area contributed by atoms with E-state index in [0.29, 0.717) is 24.3 Å². The molecule has 1 saturated heterocycles. The predicted octanol–water partition coefficient (Wildman–Crippen LogP) is 4.18. The summed E-state index contributed by atoms with van der Waals surface area (Å²) in [4.78, 5) is 0. The first-order valence-corrected chi connectivity index (χ1v) is 8.85. The van der Waals surface area contributed by atoms with E-state index < -0.39 is 0 Å². The van der Waals surface area contributed by atoms with Crippen LogP contribution in [-0.2, 0) is 4.74 Å². The molecular formula is C17H31NO. The lowest BCUT2D eigenvalue weighted by atomic mass is 9.89. The Morgan fingerprint density at radius 1 is 0.526 bits per heavy atom. The summed E-state index contributed by atoms with van der Waals surface area (Å²) in [6.45, 7) is 0. The Labute approximate surface area is 118 Å². The first-order chi connectivity index (χ1) is 9.43. The number of ether oxygens (including phenoxy) is 1. The van der Waals surface area contributed by atoms with Crippen molar-refractivity contribution in [3.63, 3.8) is 0 Å². The van der Waals surface area contributed by atoms with Crippen LogP contribution < -0.4 is 5.32 Å². The van der Waals surface area contributed by atoms with E-state index in [2.05, 4.69) is 5.32 Å². The van der Waals surface area contributed by atoms with Crippen LogP contribution in [-0.4, -0.2) is 24.3 Å². The Kier molecular flexibility index (Phi) is 5.17. The number of rotatable bonds is 0. The summed E-state index contributed by atoms with van der Waals surface area (Å²) in [5.41, 5.74) is 0. The van der Waals surface area contributed by atoms with E-state index in [4.69, 9.17) is 4.74 Å². The van der Waals surface area contributed by atoms with E-state index >= 15 is 0 Å². The molecule has 4 atom stereocenters. The third kappa shape index (κ3) is 3.72. The summed E-state index contributed by atoms with van der Waals surface area (Å²) < 4.78 is 6.56. The molecular weight excluding hydrogens is 234 g/mol. The van der Waals surface area contributed by atoms with Crippen molar-refractivity contribution >= 4 is 0 Å². The van der Waals surface area contributed by atoms with Crippen molar-refractivity contribution < 1.29 is 4.74 Å². The second-order valence-electron chi connectivity index (χ2n) is 6.93. The van der Waals surface area contributed by atoms with E-state index in [1.54, 1.807) is 0 Å². The van der Waals surface area contributed by atoms with Crippen LogP contribution >= 0.6 is 0 Å². The summed E-state index contributed by atoms with van der Waals surface area (Å²) in [7, 11) is 0. The molecule has 110 valence electrons. The zero-order valence-electron chi connectivity index (χ0n) is 12.4. The van der Waals surface area contributed by atoms with Crippen molar-refractivity contribution in [3.05, 3.63) is 0 Å². The van der Waals surface area contributed by atoms with E-state index in [-0.39, 0.29) is 0 Å². The Morgan fingerprint density at radius 3 is 1.47 bits per heavy atom.